The zero-order valence-corrected chi connectivity index (χ0v) is 12.2. The number of aryl methyl sites for hydroxylation is 1. The molecule has 1 aromatic carbocycles. The van der Waals surface area contributed by atoms with E-state index in [1.807, 2.05) is 31.3 Å². The first-order valence-electron chi connectivity index (χ1n) is 7.22. The summed E-state index contributed by atoms with van der Waals surface area (Å²) in [6, 6.07) is 7.61. The number of nitrogens with two attached hydrogens (primary N) is 1. The van der Waals surface area contributed by atoms with Gasteiger partial charge in [-0.05, 0) is 31.4 Å². The maximum atomic E-state index is 5.85. The van der Waals surface area contributed by atoms with Crippen molar-refractivity contribution in [3.05, 3.63) is 30.0 Å². The quantitative estimate of drug-likeness (QED) is 0.872. The number of anilines is 1. The monoisotopic (exact) mass is 288 g/mol. The molecule has 1 unspecified atom stereocenters. The first-order valence-corrected chi connectivity index (χ1v) is 7.22. The molecule has 0 saturated carbocycles. The van der Waals surface area contributed by atoms with Crippen LogP contribution in [0.15, 0.2) is 24.3 Å². The highest BCUT2D eigenvalue weighted by Gasteiger charge is 2.18. The number of hydrogen-bond donors (Lipinski definition) is 1. The molecule has 0 spiro atoms. The van der Waals surface area contributed by atoms with Crippen LogP contribution in [0.3, 0.4) is 0 Å². The van der Waals surface area contributed by atoms with Crippen LogP contribution in [0.2, 0.25) is 0 Å². The van der Waals surface area contributed by atoms with Crippen LogP contribution in [-0.2, 0) is 23.1 Å². The van der Waals surface area contributed by atoms with Gasteiger partial charge in [-0.15, -0.1) is 5.10 Å². The summed E-state index contributed by atoms with van der Waals surface area (Å²) in [5.74, 6) is 0. The first kappa shape index (κ1) is 14.0. The lowest BCUT2D eigenvalue weighted by molar-refractivity contribution is -0.169. The van der Waals surface area contributed by atoms with Gasteiger partial charge in [0, 0.05) is 24.9 Å². The van der Waals surface area contributed by atoms with Crippen molar-refractivity contribution in [1.82, 2.24) is 15.0 Å². The molecule has 2 aromatic rings. The summed E-state index contributed by atoms with van der Waals surface area (Å²) < 4.78 is 13.2. The number of benzene rings is 1. The zero-order valence-electron chi connectivity index (χ0n) is 12.2. The van der Waals surface area contributed by atoms with E-state index in [2.05, 4.69) is 10.3 Å². The van der Waals surface area contributed by atoms with Gasteiger partial charge in [-0.2, -0.15) is 0 Å². The second-order valence-electron chi connectivity index (χ2n) is 5.24. The van der Waals surface area contributed by atoms with Gasteiger partial charge in [0.2, 0.25) is 0 Å². The van der Waals surface area contributed by atoms with Gasteiger partial charge in [-0.3, -0.25) is 0 Å². The average molecular weight is 288 g/mol. The third-order valence-electron chi connectivity index (χ3n) is 3.67. The number of ether oxygens (including phenoxy) is 2. The zero-order chi connectivity index (χ0) is 14.7. The van der Waals surface area contributed by atoms with Crippen molar-refractivity contribution >= 4 is 5.69 Å². The molecule has 6 nitrogen and oxygen atoms in total. The highest BCUT2D eigenvalue weighted by Crippen LogP contribution is 2.24. The van der Waals surface area contributed by atoms with E-state index in [9.17, 15) is 0 Å². The Bertz CT molecular complexity index is 588. The minimum absolute atomic E-state index is 0.118. The molecule has 1 aliphatic heterocycles. The van der Waals surface area contributed by atoms with Crippen LogP contribution in [0.4, 0.5) is 5.69 Å². The van der Waals surface area contributed by atoms with Gasteiger partial charge < -0.3 is 15.2 Å². The summed E-state index contributed by atoms with van der Waals surface area (Å²) in [6.07, 6.45) is 3.10. The van der Waals surface area contributed by atoms with E-state index in [0.29, 0.717) is 6.61 Å². The van der Waals surface area contributed by atoms with Crippen molar-refractivity contribution < 1.29 is 9.47 Å². The van der Waals surface area contributed by atoms with Gasteiger partial charge in [-0.1, -0.05) is 17.3 Å². The predicted octanol–water partition coefficient (Wildman–Crippen LogP) is 2.11. The second kappa shape index (κ2) is 6.24. The third kappa shape index (κ3) is 3.22. The molecule has 2 heterocycles. The van der Waals surface area contributed by atoms with Crippen LogP contribution < -0.4 is 5.73 Å². The molecule has 2 N–H and O–H groups in total. The van der Waals surface area contributed by atoms with Crippen LogP contribution >= 0.6 is 0 Å². The maximum Gasteiger partial charge on any atom is 0.158 e. The lowest BCUT2D eigenvalue weighted by Crippen LogP contribution is -2.22. The Labute approximate surface area is 123 Å². The molecular formula is C15H20N4O2. The van der Waals surface area contributed by atoms with Gasteiger partial charge >= 0.3 is 0 Å². The van der Waals surface area contributed by atoms with Crippen LogP contribution in [0, 0.1) is 0 Å². The fourth-order valence-corrected chi connectivity index (χ4v) is 2.42. The summed E-state index contributed by atoms with van der Waals surface area (Å²) in [4.78, 5) is 0. The van der Waals surface area contributed by atoms with E-state index in [4.69, 9.17) is 15.2 Å². The predicted molar refractivity (Wildman–Crippen MR) is 79.2 cm³/mol. The molecule has 1 fully saturated rings. The van der Waals surface area contributed by atoms with Crippen LogP contribution in [0.25, 0.3) is 11.3 Å². The van der Waals surface area contributed by atoms with Crippen molar-refractivity contribution in [2.24, 2.45) is 7.05 Å². The molecule has 1 atom stereocenters. The van der Waals surface area contributed by atoms with E-state index in [0.717, 1.165) is 48.5 Å². The topological polar surface area (TPSA) is 75.2 Å². The fraction of sp³-hybridized carbons (Fsp3) is 0.467. The minimum atomic E-state index is -0.118. The fourth-order valence-electron chi connectivity index (χ4n) is 2.42. The Balaban J connectivity index is 1.75. The van der Waals surface area contributed by atoms with Gasteiger partial charge in [0.1, 0.15) is 5.69 Å². The highest BCUT2D eigenvalue weighted by atomic mass is 16.7. The van der Waals surface area contributed by atoms with Crippen molar-refractivity contribution in [1.29, 1.82) is 0 Å². The molecule has 0 amide bonds. The second-order valence-corrected chi connectivity index (χ2v) is 5.24. The van der Waals surface area contributed by atoms with E-state index < -0.39 is 0 Å². The van der Waals surface area contributed by atoms with Gasteiger partial charge in [0.25, 0.3) is 0 Å². The largest absolute Gasteiger partial charge is 0.399 e. The lowest BCUT2D eigenvalue weighted by Gasteiger charge is -2.22. The lowest BCUT2D eigenvalue weighted by atomic mass is 10.1. The summed E-state index contributed by atoms with van der Waals surface area (Å²) in [7, 11) is 1.87. The molecule has 6 heteroatoms. The van der Waals surface area contributed by atoms with E-state index in [1.54, 1.807) is 4.68 Å². The molecule has 0 bridgehead atoms. The van der Waals surface area contributed by atoms with Crippen LogP contribution in [0.1, 0.15) is 25.0 Å². The first-order chi connectivity index (χ1) is 10.2. The number of rotatable bonds is 4. The normalized spacial score (nSPS) is 18.8. The summed E-state index contributed by atoms with van der Waals surface area (Å²) in [6.45, 7) is 1.22. The summed E-state index contributed by atoms with van der Waals surface area (Å²) in [5, 5.41) is 8.32. The molecule has 1 aliphatic rings. The van der Waals surface area contributed by atoms with E-state index in [1.165, 1.54) is 0 Å². The van der Waals surface area contributed by atoms with Gasteiger partial charge in [0.15, 0.2) is 6.29 Å². The molecular weight excluding hydrogens is 268 g/mol. The molecule has 1 saturated heterocycles. The molecule has 21 heavy (non-hydrogen) atoms. The molecule has 112 valence electrons. The molecule has 1 aromatic heterocycles. The average Bonchev–Trinajstić information content (AvgIpc) is 2.88. The van der Waals surface area contributed by atoms with Crippen LogP contribution in [0.5, 0.6) is 0 Å². The Hall–Kier alpha value is -1.92. The smallest absolute Gasteiger partial charge is 0.158 e. The van der Waals surface area contributed by atoms with Gasteiger partial charge in [-0.25, -0.2) is 4.68 Å². The summed E-state index contributed by atoms with van der Waals surface area (Å²) >= 11 is 0. The standard InChI is InChI=1S/C15H20N4O2/c1-19-13(10-21-14-4-2-3-9-20-14)15(17-18-19)11-5-7-12(16)8-6-11/h5-8,14H,2-4,9-10,16H2,1H3. The van der Waals surface area contributed by atoms with Crippen molar-refractivity contribution in [2.45, 2.75) is 32.2 Å². The maximum absolute atomic E-state index is 5.85. The molecule has 0 radical (unpaired) electrons. The minimum Gasteiger partial charge on any atom is -0.399 e. The summed E-state index contributed by atoms with van der Waals surface area (Å²) in [5.41, 5.74) is 9.21. The molecule has 3 rings (SSSR count). The van der Waals surface area contributed by atoms with Crippen molar-refractivity contribution in [2.75, 3.05) is 12.3 Å². The number of nitrogens with zero attached hydrogens (tertiary/aromatic N) is 3. The Morgan fingerprint density at radius 2 is 2.14 bits per heavy atom. The Morgan fingerprint density at radius 3 is 2.86 bits per heavy atom. The van der Waals surface area contributed by atoms with E-state index >= 15 is 0 Å². The third-order valence-corrected chi connectivity index (χ3v) is 3.67. The Morgan fingerprint density at radius 1 is 1.33 bits per heavy atom. The Kier molecular flexibility index (Phi) is 4.17. The number of nitrogen functional groups attached to an aromatic ring is 1. The van der Waals surface area contributed by atoms with E-state index in [-0.39, 0.29) is 6.29 Å². The number of aromatic nitrogens is 3. The van der Waals surface area contributed by atoms with Crippen molar-refractivity contribution in [3.63, 3.8) is 0 Å². The van der Waals surface area contributed by atoms with Gasteiger partial charge in [0.05, 0.1) is 12.3 Å². The molecule has 0 aliphatic carbocycles. The number of hydrogen-bond acceptors (Lipinski definition) is 5. The SMILES string of the molecule is Cn1nnc(-c2ccc(N)cc2)c1COC1CCCCO1. The van der Waals surface area contributed by atoms with Crippen molar-refractivity contribution in [3.8, 4) is 11.3 Å². The highest BCUT2D eigenvalue weighted by molar-refractivity contribution is 5.63. The van der Waals surface area contributed by atoms with Crippen LogP contribution in [-0.4, -0.2) is 27.9 Å².